The largest absolute Gasteiger partial charge is 0.399 e. The highest BCUT2D eigenvalue weighted by atomic mass is 35.5. The summed E-state index contributed by atoms with van der Waals surface area (Å²) in [6, 6.07) is 2.96. The molecule has 0 spiro atoms. The number of hydrogen-bond donors (Lipinski definition) is 4. The maximum Gasteiger partial charge on any atom is 0.250 e. The predicted octanol–water partition coefficient (Wildman–Crippen LogP) is 0.959. The molecule has 0 atom stereocenters. The van der Waals surface area contributed by atoms with Crippen molar-refractivity contribution >= 4 is 34.8 Å². The van der Waals surface area contributed by atoms with Crippen LogP contribution in [-0.2, 0) is 4.79 Å². The van der Waals surface area contributed by atoms with Gasteiger partial charge in [0.05, 0.1) is 16.3 Å². The van der Waals surface area contributed by atoms with Gasteiger partial charge in [-0.15, -0.1) is 0 Å². The van der Waals surface area contributed by atoms with Crippen LogP contribution in [0, 0.1) is 0 Å². The number of carbonyl (C=O) groups excluding carboxylic acids is 2. The molecule has 19 heavy (non-hydrogen) atoms. The van der Waals surface area contributed by atoms with Crippen molar-refractivity contribution in [2.75, 3.05) is 24.1 Å². The maximum atomic E-state index is 11.3. The molecular weight excluding hydrogens is 268 g/mol. The summed E-state index contributed by atoms with van der Waals surface area (Å²) >= 11 is 6.00. The molecule has 0 aliphatic carbocycles. The van der Waals surface area contributed by atoms with E-state index in [-0.39, 0.29) is 17.9 Å². The van der Waals surface area contributed by atoms with Gasteiger partial charge in [-0.25, -0.2) is 0 Å². The topological polar surface area (TPSA) is 110 Å². The van der Waals surface area contributed by atoms with Crippen molar-refractivity contribution in [1.82, 2.24) is 5.32 Å². The number of carbonyl (C=O) groups is 2. The second kappa shape index (κ2) is 6.84. The number of halogens is 1. The Morgan fingerprint density at radius 2 is 2.05 bits per heavy atom. The molecule has 104 valence electrons. The fourth-order valence-electron chi connectivity index (χ4n) is 1.59. The van der Waals surface area contributed by atoms with Crippen LogP contribution in [0.15, 0.2) is 12.1 Å². The van der Waals surface area contributed by atoms with Gasteiger partial charge >= 0.3 is 0 Å². The molecule has 0 aliphatic rings. The first-order chi connectivity index (χ1) is 8.95. The number of primary amides is 1. The van der Waals surface area contributed by atoms with Crippen LogP contribution in [0.2, 0.25) is 5.02 Å². The summed E-state index contributed by atoms with van der Waals surface area (Å²) in [5, 5.41) is 5.90. The molecule has 0 saturated carbocycles. The average molecular weight is 285 g/mol. The lowest BCUT2D eigenvalue weighted by Gasteiger charge is -2.12. The van der Waals surface area contributed by atoms with Crippen molar-refractivity contribution in [3.63, 3.8) is 0 Å². The van der Waals surface area contributed by atoms with E-state index in [1.807, 2.05) is 6.92 Å². The summed E-state index contributed by atoms with van der Waals surface area (Å²) in [6.45, 7) is 2.76. The van der Waals surface area contributed by atoms with Crippen LogP contribution in [0.5, 0.6) is 0 Å². The average Bonchev–Trinajstić information content (AvgIpc) is 2.31. The van der Waals surface area contributed by atoms with Gasteiger partial charge in [-0.05, 0) is 19.1 Å². The Morgan fingerprint density at radius 3 is 2.63 bits per heavy atom. The molecule has 0 saturated heterocycles. The zero-order valence-corrected chi connectivity index (χ0v) is 11.4. The summed E-state index contributed by atoms with van der Waals surface area (Å²) in [6.07, 6.45) is 0.271. The van der Waals surface area contributed by atoms with Gasteiger partial charge in [-0.2, -0.15) is 0 Å². The summed E-state index contributed by atoms with van der Waals surface area (Å²) in [7, 11) is 0. The molecule has 1 rings (SSSR count). The molecule has 0 unspecified atom stereocenters. The summed E-state index contributed by atoms with van der Waals surface area (Å²) in [5.41, 5.74) is 11.8. The molecule has 1 aromatic rings. The fourth-order valence-corrected chi connectivity index (χ4v) is 1.88. The first kappa shape index (κ1) is 15.1. The van der Waals surface area contributed by atoms with E-state index >= 15 is 0 Å². The lowest BCUT2D eigenvalue weighted by molar-refractivity contribution is -0.120. The van der Waals surface area contributed by atoms with E-state index in [4.69, 9.17) is 23.1 Å². The van der Waals surface area contributed by atoms with E-state index in [1.165, 1.54) is 12.1 Å². The zero-order chi connectivity index (χ0) is 14.4. The Hall–Kier alpha value is -1.95. The molecule has 0 fully saturated rings. The minimum Gasteiger partial charge on any atom is -0.399 e. The molecular formula is C12H17ClN4O2. The second-order valence-corrected chi connectivity index (χ2v) is 4.33. The normalized spacial score (nSPS) is 10.0. The molecule has 0 heterocycles. The standard InChI is InChI=1S/C12H17ClN4O2/c1-2-16-10(18)3-4-17-11-8(12(15)19)5-7(14)6-9(11)13/h5-6,17H,2-4,14H2,1H3,(H2,15,19)(H,16,18). The number of anilines is 2. The van der Waals surface area contributed by atoms with Gasteiger partial charge in [0.25, 0.3) is 5.91 Å². The second-order valence-electron chi connectivity index (χ2n) is 3.92. The molecule has 6 N–H and O–H groups in total. The molecule has 2 amide bonds. The predicted molar refractivity (Wildman–Crippen MR) is 76.2 cm³/mol. The van der Waals surface area contributed by atoms with Crippen LogP contribution in [-0.4, -0.2) is 24.9 Å². The number of nitrogen functional groups attached to an aromatic ring is 1. The minimum atomic E-state index is -0.630. The smallest absolute Gasteiger partial charge is 0.250 e. The van der Waals surface area contributed by atoms with Gasteiger partial charge < -0.3 is 22.1 Å². The van der Waals surface area contributed by atoms with E-state index in [9.17, 15) is 9.59 Å². The van der Waals surface area contributed by atoms with Gasteiger partial charge in [0.15, 0.2) is 0 Å². The Kier molecular flexibility index (Phi) is 5.44. The first-order valence-corrected chi connectivity index (χ1v) is 6.23. The molecule has 0 radical (unpaired) electrons. The lowest BCUT2D eigenvalue weighted by atomic mass is 10.1. The Bertz CT molecular complexity index is 491. The minimum absolute atomic E-state index is 0.0813. The maximum absolute atomic E-state index is 11.3. The summed E-state index contributed by atoms with van der Waals surface area (Å²) < 4.78 is 0. The highest BCUT2D eigenvalue weighted by molar-refractivity contribution is 6.34. The third-order valence-corrected chi connectivity index (χ3v) is 2.70. The van der Waals surface area contributed by atoms with Crippen LogP contribution < -0.4 is 22.1 Å². The quantitative estimate of drug-likeness (QED) is 0.583. The lowest BCUT2D eigenvalue weighted by Crippen LogP contribution is -2.25. The zero-order valence-electron chi connectivity index (χ0n) is 10.6. The molecule has 1 aromatic carbocycles. The van der Waals surface area contributed by atoms with Crippen molar-refractivity contribution in [3.8, 4) is 0 Å². The third kappa shape index (κ3) is 4.33. The van der Waals surface area contributed by atoms with E-state index in [0.717, 1.165) is 0 Å². The Balaban J connectivity index is 2.77. The highest BCUT2D eigenvalue weighted by Crippen LogP contribution is 2.28. The van der Waals surface area contributed by atoms with E-state index in [2.05, 4.69) is 10.6 Å². The van der Waals surface area contributed by atoms with Gasteiger partial charge in [0.1, 0.15) is 0 Å². The van der Waals surface area contributed by atoms with E-state index in [0.29, 0.717) is 29.5 Å². The fraction of sp³-hybridized carbons (Fsp3) is 0.333. The van der Waals surface area contributed by atoms with E-state index < -0.39 is 5.91 Å². The highest BCUT2D eigenvalue weighted by Gasteiger charge is 2.13. The number of nitrogens with one attached hydrogen (secondary N) is 2. The summed E-state index contributed by atoms with van der Waals surface area (Å²) in [5.74, 6) is -0.711. The van der Waals surface area contributed by atoms with Crippen molar-refractivity contribution in [2.45, 2.75) is 13.3 Å². The summed E-state index contributed by atoms with van der Waals surface area (Å²) in [4.78, 5) is 22.6. The van der Waals surface area contributed by atoms with Crippen LogP contribution in [0.4, 0.5) is 11.4 Å². The molecule has 7 heteroatoms. The van der Waals surface area contributed by atoms with Crippen molar-refractivity contribution < 1.29 is 9.59 Å². The number of nitrogens with two attached hydrogens (primary N) is 2. The monoisotopic (exact) mass is 284 g/mol. The van der Waals surface area contributed by atoms with Crippen molar-refractivity contribution in [2.24, 2.45) is 5.73 Å². The number of amides is 2. The Morgan fingerprint density at radius 1 is 1.37 bits per heavy atom. The number of benzene rings is 1. The van der Waals surface area contributed by atoms with Gasteiger partial charge in [0.2, 0.25) is 5.91 Å². The van der Waals surface area contributed by atoms with Crippen LogP contribution in [0.25, 0.3) is 0 Å². The Labute approximate surface area is 116 Å². The van der Waals surface area contributed by atoms with Crippen LogP contribution >= 0.6 is 11.6 Å². The number of rotatable bonds is 6. The number of hydrogen-bond acceptors (Lipinski definition) is 4. The SMILES string of the molecule is CCNC(=O)CCNc1c(Cl)cc(N)cc1C(N)=O. The molecule has 0 aromatic heterocycles. The molecule has 0 bridgehead atoms. The molecule has 6 nitrogen and oxygen atoms in total. The van der Waals surface area contributed by atoms with Gasteiger partial charge in [-0.3, -0.25) is 9.59 Å². The van der Waals surface area contributed by atoms with E-state index in [1.54, 1.807) is 0 Å². The molecule has 0 aliphatic heterocycles. The van der Waals surface area contributed by atoms with Crippen molar-refractivity contribution in [3.05, 3.63) is 22.7 Å². The first-order valence-electron chi connectivity index (χ1n) is 5.85. The van der Waals surface area contributed by atoms with Crippen LogP contribution in [0.3, 0.4) is 0 Å². The van der Waals surface area contributed by atoms with Gasteiger partial charge in [-0.1, -0.05) is 11.6 Å². The van der Waals surface area contributed by atoms with Gasteiger partial charge in [0, 0.05) is 25.2 Å². The third-order valence-electron chi connectivity index (χ3n) is 2.41. The van der Waals surface area contributed by atoms with Crippen LogP contribution in [0.1, 0.15) is 23.7 Å². The van der Waals surface area contributed by atoms with Crippen molar-refractivity contribution in [1.29, 1.82) is 0 Å².